The van der Waals surface area contributed by atoms with Crippen LogP contribution in [0, 0.1) is 11.8 Å². The lowest BCUT2D eigenvalue weighted by molar-refractivity contribution is -0.0372. The van der Waals surface area contributed by atoms with Gasteiger partial charge in [-0.1, -0.05) is 0 Å². The van der Waals surface area contributed by atoms with Crippen molar-refractivity contribution < 1.29 is 10.2 Å². The summed E-state index contributed by atoms with van der Waals surface area (Å²) in [4.78, 5) is 16.3. The minimum absolute atomic E-state index is 0.0672. The molecular formula is C13H21N3O3. The van der Waals surface area contributed by atoms with Gasteiger partial charge in [-0.15, -0.1) is 0 Å². The van der Waals surface area contributed by atoms with E-state index in [-0.39, 0.29) is 5.69 Å². The maximum atomic E-state index is 11.4. The maximum Gasteiger partial charge on any atom is 0.325 e. The number of fused-ring (bicyclic) bond motifs is 1. The molecule has 1 saturated carbocycles. The fraction of sp³-hybridized carbons (Fsp3) is 0.769. The Morgan fingerprint density at radius 1 is 1.16 bits per heavy atom. The zero-order valence-electron chi connectivity index (χ0n) is 10.9. The molecule has 2 heterocycles. The van der Waals surface area contributed by atoms with E-state index in [9.17, 15) is 15.0 Å². The van der Waals surface area contributed by atoms with Gasteiger partial charge in [-0.3, -0.25) is 4.57 Å². The van der Waals surface area contributed by atoms with E-state index < -0.39 is 12.2 Å². The van der Waals surface area contributed by atoms with Gasteiger partial charge >= 0.3 is 5.69 Å². The van der Waals surface area contributed by atoms with Crippen LogP contribution in [0.1, 0.15) is 12.8 Å². The number of aliphatic hydroxyl groups excluding tert-OH is 2. The third kappa shape index (κ3) is 2.61. The molecule has 1 aromatic rings. The van der Waals surface area contributed by atoms with Gasteiger partial charge in [-0.25, -0.2) is 4.79 Å². The number of aliphatic hydroxyl groups is 2. The number of H-pyrrole nitrogens is 1. The van der Waals surface area contributed by atoms with E-state index in [1.165, 1.54) is 0 Å². The van der Waals surface area contributed by atoms with E-state index in [2.05, 4.69) is 9.88 Å². The number of nitrogens with one attached hydrogen (secondary N) is 1. The van der Waals surface area contributed by atoms with E-state index in [1.54, 1.807) is 17.0 Å². The number of hydrogen-bond donors (Lipinski definition) is 3. The normalized spacial score (nSPS) is 35.5. The molecule has 3 N–H and O–H groups in total. The van der Waals surface area contributed by atoms with Gasteiger partial charge in [0.1, 0.15) is 0 Å². The van der Waals surface area contributed by atoms with Gasteiger partial charge in [0.05, 0.1) is 12.2 Å². The topological polar surface area (TPSA) is 81.5 Å². The van der Waals surface area contributed by atoms with Crippen molar-refractivity contribution in [1.82, 2.24) is 14.5 Å². The van der Waals surface area contributed by atoms with Crippen LogP contribution in [0.5, 0.6) is 0 Å². The fourth-order valence-corrected chi connectivity index (χ4v) is 3.46. The van der Waals surface area contributed by atoms with Crippen LogP contribution in [0.4, 0.5) is 0 Å². The van der Waals surface area contributed by atoms with Gasteiger partial charge in [0.2, 0.25) is 0 Å². The molecule has 1 aliphatic carbocycles. The molecule has 0 unspecified atom stereocenters. The first-order chi connectivity index (χ1) is 9.13. The van der Waals surface area contributed by atoms with Gasteiger partial charge in [-0.2, -0.15) is 0 Å². The zero-order valence-corrected chi connectivity index (χ0v) is 10.9. The van der Waals surface area contributed by atoms with Crippen LogP contribution < -0.4 is 5.69 Å². The van der Waals surface area contributed by atoms with Crippen molar-refractivity contribution in [2.75, 3.05) is 19.6 Å². The van der Waals surface area contributed by atoms with Crippen LogP contribution in [0.3, 0.4) is 0 Å². The number of aromatic amines is 1. The third-order valence-corrected chi connectivity index (χ3v) is 4.56. The monoisotopic (exact) mass is 267 g/mol. The van der Waals surface area contributed by atoms with Crippen molar-refractivity contribution in [1.29, 1.82) is 0 Å². The lowest BCUT2D eigenvalue weighted by Gasteiger charge is -2.32. The first-order valence-electron chi connectivity index (χ1n) is 6.96. The lowest BCUT2D eigenvalue weighted by atomic mass is 9.79. The van der Waals surface area contributed by atoms with Crippen molar-refractivity contribution in [3.8, 4) is 0 Å². The molecule has 0 spiro atoms. The summed E-state index contributed by atoms with van der Waals surface area (Å²) in [5.74, 6) is 0.975. The van der Waals surface area contributed by atoms with Crippen LogP contribution in [0.15, 0.2) is 17.2 Å². The van der Waals surface area contributed by atoms with Gasteiger partial charge in [0.25, 0.3) is 0 Å². The maximum absolute atomic E-state index is 11.4. The fourth-order valence-electron chi connectivity index (χ4n) is 3.46. The minimum atomic E-state index is -0.562. The highest BCUT2D eigenvalue weighted by atomic mass is 16.3. The SMILES string of the molecule is O=c1[nH]ccn1CCN1C[C@H]2C[C@@H](O)[C@H](O)C[C@H]2C1. The summed E-state index contributed by atoms with van der Waals surface area (Å²) < 4.78 is 1.67. The average Bonchev–Trinajstić information content (AvgIpc) is 2.94. The Hall–Kier alpha value is -1.11. The van der Waals surface area contributed by atoms with Crippen LogP contribution in [-0.2, 0) is 6.54 Å². The first-order valence-corrected chi connectivity index (χ1v) is 6.96. The van der Waals surface area contributed by atoms with Crippen LogP contribution in [0.25, 0.3) is 0 Å². The standard InChI is InChI=1S/C13H21N3O3/c17-11-5-9-7-15(8-10(9)6-12(11)18)3-4-16-2-1-14-13(16)19/h1-2,9-12,17-18H,3-8H2,(H,14,19)/t9-,10+,11-,12-/m1/s1. The zero-order chi connectivity index (χ0) is 13.4. The predicted molar refractivity (Wildman–Crippen MR) is 69.7 cm³/mol. The number of nitrogens with zero attached hydrogens (tertiary/aromatic N) is 2. The third-order valence-electron chi connectivity index (χ3n) is 4.56. The molecule has 0 bridgehead atoms. The van der Waals surface area contributed by atoms with Crippen LogP contribution >= 0.6 is 0 Å². The molecule has 1 aliphatic heterocycles. The Morgan fingerprint density at radius 2 is 1.79 bits per heavy atom. The number of aromatic nitrogens is 2. The summed E-state index contributed by atoms with van der Waals surface area (Å²) in [7, 11) is 0. The Morgan fingerprint density at radius 3 is 2.32 bits per heavy atom. The molecule has 6 nitrogen and oxygen atoms in total. The van der Waals surface area contributed by atoms with Gasteiger partial charge in [0, 0.05) is 38.6 Å². The largest absolute Gasteiger partial charge is 0.390 e. The highest BCUT2D eigenvalue weighted by Crippen LogP contribution is 2.36. The van der Waals surface area contributed by atoms with E-state index in [0.29, 0.717) is 31.2 Å². The second kappa shape index (κ2) is 5.11. The van der Waals surface area contributed by atoms with Crippen molar-refractivity contribution >= 4 is 0 Å². The first kappa shape index (κ1) is 12.9. The summed E-state index contributed by atoms with van der Waals surface area (Å²) in [5.41, 5.74) is -0.0672. The number of imidazole rings is 1. The van der Waals surface area contributed by atoms with Crippen molar-refractivity contribution in [2.24, 2.45) is 11.8 Å². The molecule has 3 rings (SSSR count). The average molecular weight is 267 g/mol. The highest BCUT2D eigenvalue weighted by Gasteiger charge is 2.40. The summed E-state index contributed by atoms with van der Waals surface area (Å²) in [5, 5.41) is 19.4. The van der Waals surface area contributed by atoms with E-state index in [4.69, 9.17) is 0 Å². The van der Waals surface area contributed by atoms with Gasteiger partial charge in [-0.05, 0) is 24.7 Å². The number of hydrogen-bond acceptors (Lipinski definition) is 4. The van der Waals surface area contributed by atoms with E-state index >= 15 is 0 Å². The smallest absolute Gasteiger partial charge is 0.325 e. The van der Waals surface area contributed by atoms with Crippen LogP contribution in [-0.4, -0.2) is 56.5 Å². The molecule has 4 atom stereocenters. The molecule has 1 saturated heterocycles. The molecule has 0 aromatic carbocycles. The summed E-state index contributed by atoms with van der Waals surface area (Å²) in [6.07, 6.45) is 3.69. The molecular weight excluding hydrogens is 246 g/mol. The Bertz CT molecular complexity index is 465. The Kier molecular flexibility index (Phi) is 3.47. The Labute approximate surface area is 111 Å². The van der Waals surface area contributed by atoms with Crippen LogP contribution in [0.2, 0.25) is 0 Å². The molecule has 106 valence electrons. The van der Waals surface area contributed by atoms with E-state index in [1.807, 2.05) is 0 Å². The lowest BCUT2D eigenvalue weighted by Crippen LogP contribution is -2.38. The van der Waals surface area contributed by atoms with E-state index in [0.717, 1.165) is 19.6 Å². The molecule has 0 amide bonds. The number of likely N-dealkylation sites (tertiary alicyclic amines) is 1. The molecule has 2 aliphatic rings. The summed E-state index contributed by atoms with van der Waals surface area (Å²) >= 11 is 0. The predicted octanol–water partition coefficient (Wildman–Crippen LogP) is -0.760. The summed E-state index contributed by atoms with van der Waals surface area (Å²) in [6, 6.07) is 0. The minimum Gasteiger partial charge on any atom is -0.390 e. The second-order valence-corrected chi connectivity index (χ2v) is 5.84. The van der Waals surface area contributed by atoms with Gasteiger partial charge < -0.3 is 20.1 Å². The second-order valence-electron chi connectivity index (χ2n) is 5.84. The molecule has 19 heavy (non-hydrogen) atoms. The molecule has 0 radical (unpaired) electrons. The van der Waals surface area contributed by atoms with Crippen molar-refractivity contribution in [3.63, 3.8) is 0 Å². The van der Waals surface area contributed by atoms with Crippen molar-refractivity contribution in [3.05, 3.63) is 22.9 Å². The Balaban J connectivity index is 1.55. The summed E-state index contributed by atoms with van der Waals surface area (Å²) in [6.45, 7) is 3.46. The van der Waals surface area contributed by atoms with Crippen molar-refractivity contribution in [2.45, 2.75) is 31.6 Å². The number of rotatable bonds is 3. The highest BCUT2D eigenvalue weighted by molar-refractivity contribution is 4.93. The quantitative estimate of drug-likeness (QED) is 0.672. The molecule has 6 heteroatoms. The molecule has 2 fully saturated rings. The molecule has 1 aromatic heterocycles. The van der Waals surface area contributed by atoms with Gasteiger partial charge in [0.15, 0.2) is 0 Å².